The average Bonchev–Trinajstić information content (AvgIpc) is 2.38. The van der Waals surface area contributed by atoms with Gasteiger partial charge in [0, 0.05) is 25.7 Å². The molecular weight excluding hydrogens is 228 g/mol. The minimum absolute atomic E-state index is 0.0282. The summed E-state index contributed by atoms with van der Waals surface area (Å²) in [5.41, 5.74) is 6.36. The Morgan fingerprint density at radius 2 is 2.17 bits per heavy atom. The van der Waals surface area contributed by atoms with E-state index >= 15 is 0 Å². The van der Waals surface area contributed by atoms with E-state index in [9.17, 15) is 4.79 Å². The molecule has 0 aromatic carbocycles. The van der Waals surface area contributed by atoms with Crippen molar-refractivity contribution in [3.8, 4) is 0 Å². The second-order valence-electron chi connectivity index (χ2n) is 5.09. The van der Waals surface area contributed by atoms with Gasteiger partial charge in [0.25, 0.3) is 5.56 Å². The molecule has 100 valence electrons. The van der Waals surface area contributed by atoms with E-state index in [1.807, 2.05) is 0 Å². The molecule has 0 bridgehead atoms. The molecule has 0 aliphatic carbocycles. The Kier molecular flexibility index (Phi) is 4.36. The third-order valence-electron chi connectivity index (χ3n) is 3.58. The normalized spacial score (nSPS) is 17.1. The van der Waals surface area contributed by atoms with E-state index in [0.29, 0.717) is 13.1 Å². The van der Waals surface area contributed by atoms with Crippen molar-refractivity contribution < 1.29 is 0 Å². The Balaban J connectivity index is 2.06. The minimum atomic E-state index is -0.0282. The highest BCUT2D eigenvalue weighted by Gasteiger charge is 2.16. The summed E-state index contributed by atoms with van der Waals surface area (Å²) < 4.78 is 1.49. The maximum absolute atomic E-state index is 11.9. The molecule has 1 aromatic rings. The number of rotatable bonds is 4. The fraction of sp³-hybridized carbons (Fsp3) is 0.692. The Labute approximate surface area is 108 Å². The fourth-order valence-electron chi connectivity index (χ4n) is 2.27. The van der Waals surface area contributed by atoms with Crippen LogP contribution in [0.15, 0.2) is 17.1 Å². The summed E-state index contributed by atoms with van der Waals surface area (Å²) in [6.45, 7) is 5.51. The van der Waals surface area contributed by atoms with Crippen molar-refractivity contribution in [3.05, 3.63) is 22.6 Å². The Bertz CT molecular complexity index is 435. The number of piperidine rings is 1. The highest BCUT2D eigenvalue weighted by Crippen LogP contribution is 2.20. The van der Waals surface area contributed by atoms with Crippen LogP contribution in [0.1, 0.15) is 26.2 Å². The molecule has 5 heteroatoms. The van der Waals surface area contributed by atoms with Gasteiger partial charge in [0.05, 0.1) is 11.9 Å². The van der Waals surface area contributed by atoms with Gasteiger partial charge in [0.2, 0.25) is 0 Å². The van der Waals surface area contributed by atoms with Gasteiger partial charge >= 0.3 is 0 Å². The second-order valence-corrected chi connectivity index (χ2v) is 5.09. The standard InChI is InChI=1S/C13H22N4O/c1-11-3-7-16(8-4-11)12-9-13(18)17(15-10-12)6-2-5-14/h9-11H,2-8,14H2,1H3. The molecule has 1 aromatic heterocycles. The first-order valence-electron chi connectivity index (χ1n) is 6.73. The number of hydrogen-bond acceptors (Lipinski definition) is 4. The van der Waals surface area contributed by atoms with Crippen LogP contribution in [-0.2, 0) is 6.54 Å². The third kappa shape index (κ3) is 3.10. The van der Waals surface area contributed by atoms with E-state index in [-0.39, 0.29) is 5.56 Å². The van der Waals surface area contributed by atoms with Crippen molar-refractivity contribution >= 4 is 5.69 Å². The zero-order valence-corrected chi connectivity index (χ0v) is 11.0. The molecule has 1 aliphatic heterocycles. The van der Waals surface area contributed by atoms with Crippen molar-refractivity contribution in [1.29, 1.82) is 0 Å². The van der Waals surface area contributed by atoms with Crippen molar-refractivity contribution in [3.63, 3.8) is 0 Å². The lowest BCUT2D eigenvalue weighted by molar-refractivity contribution is 0.437. The number of anilines is 1. The molecule has 1 saturated heterocycles. The zero-order chi connectivity index (χ0) is 13.0. The molecule has 18 heavy (non-hydrogen) atoms. The molecular formula is C13H22N4O. The van der Waals surface area contributed by atoms with Crippen LogP contribution in [0.4, 0.5) is 5.69 Å². The monoisotopic (exact) mass is 250 g/mol. The highest BCUT2D eigenvalue weighted by molar-refractivity contribution is 5.43. The van der Waals surface area contributed by atoms with Crippen LogP contribution in [0.3, 0.4) is 0 Å². The van der Waals surface area contributed by atoms with E-state index < -0.39 is 0 Å². The van der Waals surface area contributed by atoms with E-state index in [4.69, 9.17) is 5.73 Å². The van der Waals surface area contributed by atoms with Crippen LogP contribution in [0, 0.1) is 5.92 Å². The zero-order valence-electron chi connectivity index (χ0n) is 11.0. The van der Waals surface area contributed by atoms with Gasteiger partial charge in [-0.25, -0.2) is 4.68 Å². The fourth-order valence-corrected chi connectivity index (χ4v) is 2.27. The van der Waals surface area contributed by atoms with Crippen LogP contribution in [-0.4, -0.2) is 29.4 Å². The molecule has 0 amide bonds. The molecule has 1 fully saturated rings. The van der Waals surface area contributed by atoms with Crippen LogP contribution in [0.25, 0.3) is 0 Å². The van der Waals surface area contributed by atoms with Crippen molar-refractivity contribution in [1.82, 2.24) is 9.78 Å². The number of hydrogen-bond donors (Lipinski definition) is 1. The van der Waals surface area contributed by atoms with Gasteiger partial charge in [0.1, 0.15) is 0 Å². The molecule has 0 saturated carbocycles. The molecule has 0 spiro atoms. The first-order valence-corrected chi connectivity index (χ1v) is 6.73. The van der Waals surface area contributed by atoms with Crippen LogP contribution < -0.4 is 16.2 Å². The summed E-state index contributed by atoms with van der Waals surface area (Å²) in [6.07, 6.45) is 4.97. The molecule has 2 N–H and O–H groups in total. The molecule has 0 radical (unpaired) electrons. The maximum atomic E-state index is 11.9. The Morgan fingerprint density at radius 1 is 1.44 bits per heavy atom. The summed E-state index contributed by atoms with van der Waals surface area (Å²) in [6, 6.07) is 1.69. The topological polar surface area (TPSA) is 64.2 Å². The lowest BCUT2D eigenvalue weighted by Gasteiger charge is -2.31. The molecule has 2 rings (SSSR count). The van der Waals surface area contributed by atoms with Crippen LogP contribution >= 0.6 is 0 Å². The molecule has 1 aliphatic rings. The van der Waals surface area contributed by atoms with Crippen molar-refractivity contribution in [2.75, 3.05) is 24.5 Å². The predicted molar refractivity (Wildman–Crippen MR) is 72.8 cm³/mol. The van der Waals surface area contributed by atoms with Gasteiger partial charge < -0.3 is 10.6 Å². The van der Waals surface area contributed by atoms with E-state index in [1.165, 1.54) is 17.5 Å². The number of aromatic nitrogens is 2. The number of aryl methyl sites for hydroxylation is 1. The maximum Gasteiger partial charge on any atom is 0.268 e. The van der Waals surface area contributed by atoms with Gasteiger partial charge in [-0.05, 0) is 31.7 Å². The largest absolute Gasteiger partial charge is 0.370 e. The summed E-state index contributed by atoms with van der Waals surface area (Å²) in [5.74, 6) is 0.791. The Morgan fingerprint density at radius 3 is 2.78 bits per heavy atom. The first-order chi connectivity index (χ1) is 8.70. The SMILES string of the molecule is CC1CCN(c2cnn(CCCN)c(=O)c2)CC1. The lowest BCUT2D eigenvalue weighted by atomic mass is 9.99. The van der Waals surface area contributed by atoms with Gasteiger partial charge in [-0.2, -0.15) is 5.10 Å². The van der Waals surface area contributed by atoms with Gasteiger partial charge in [-0.3, -0.25) is 4.79 Å². The van der Waals surface area contributed by atoms with E-state index in [2.05, 4.69) is 16.9 Å². The van der Waals surface area contributed by atoms with Crippen molar-refractivity contribution in [2.24, 2.45) is 11.7 Å². The van der Waals surface area contributed by atoms with Crippen molar-refractivity contribution in [2.45, 2.75) is 32.7 Å². The highest BCUT2D eigenvalue weighted by atomic mass is 16.1. The quantitative estimate of drug-likeness (QED) is 0.859. The molecule has 0 atom stereocenters. The Hall–Kier alpha value is -1.36. The summed E-state index contributed by atoms with van der Waals surface area (Å²) in [5, 5.41) is 4.22. The van der Waals surface area contributed by atoms with Gasteiger partial charge in [0.15, 0.2) is 0 Å². The van der Waals surface area contributed by atoms with Gasteiger partial charge in [-0.1, -0.05) is 6.92 Å². The number of nitrogens with two attached hydrogens (primary N) is 1. The smallest absolute Gasteiger partial charge is 0.268 e. The van der Waals surface area contributed by atoms with Crippen LogP contribution in [0.2, 0.25) is 0 Å². The van der Waals surface area contributed by atoms with Crippen LogP contribution in [0.5, 0.6) is 0 Å². The lowest BCUT2D eigenvalue weighted by Crippen LogP contribution is -2.34. The first kappa shape index (κ1) is 13.1. The minimum Gasteiger partial charge on any atom is -0.370 e. The molecule has 0 unspecified atom stereocenters. The number of nitrogens with zero attached hydrogens (tertiary/aromatic N) is 3. The summed E-state index contributed by atoms with van der Waals surface area (Å²) in [4.78, 5) is 14.1. The third-order valence-corrected chi connectivity index (χ3v) is 3.58. The summed E-state index contributed by atoms with van der Waals surface area (Å²) >= 11 is 0. The second kappa shape index (κ2) is 6.00. The average molecular weight is 250 g/mol. The van der Waals surface area contributed by atoms with E-state index in [0.717, 1.165) is 31.1 Å². The molecule has 2 heterocycles. The predicted octanol–water partition coefficient (Wildman–Crippen LogP) is 0.828. The molecule has 5 nitrogen and oxygen atoms in total. The van der Waals surface area contributed by atoms with E-state index in [1.54, 1.807) is 12.3 Å². The summed E-state index contributed by atoms with van der Waals surface area (Å²) in [7, 11) is 0. The van der Waals surface area contributed by atoms with Gasteiger partial charge in [-0.15, -0.1) is 0 Å².